The lowest BCUT2D eigenvalue weighted by molar-refractivity contribution is -0.116. The van der Waals surface area contributed by atoms with E-state index in [1.165, 1.54) is 12.8 Å². The number of nitrogens with zero attached hydrogens (tertiary/aromatic N) is 1. The van der Waals surface area contributed by atoms with Gasteiger partial charge in [-0.2, -0.15) is 0 Å². The number of H-pyrrole nitrogens is 1. The lowest BCUT2D eigenvalue weighted by Gasteiger charge is -2.22. The van der Waals surface area contributed by atoms with Gasteiger partial charge in [-0.05, 0) is 74.7 Å². The summed E-state index contributed by atoms with van der Waals surface area (Å²) in [5, 5.41) is 6.36. The van der Waals surface area contributed by atoms with Crippen LogP contribution in [0.25, 0.3) is 22.4 Å². The Labute approximate surface area is 177 Å². The number of para-hydroxylation sites is 2. The van der Waals surface area contributed by atoms with E-state index in [4.69, 9.17) is 0 Å². The van der Waals surface area contributed by atoms with Crippen LogP contribution in [0.15, 0.2) is 48.5 Å². The van der Waals surface area contributed by atoms with E-state index >= 15 is 0 Å². The third-order valence-corrected chi connectivity index (χ3v) is 5.07. The normalized spacial score (nSPS) is 14.1. The number of nitrogens with one attached hydrogen (secondary N) is 3. The number of imidazole rings is 1. The lowest BCUT2D eigenvalue weighted by Crippen LogP contribution is -2.28. The first kappa shape index (κ1) is 22.2. The minimum atomic E-state index is 0. The maximum absolute atomic E-state index is 12.2. The van der Waals surface area contributed by atoms with Crippen LogP contribution in [0, 0.1) is 5.92 Å². The molecule has 1 aliphatic rings. The van der Waals surface area contributed by atoms with Crippen molar-refractivity contribution in [1.29, 1.82) is 0 Å². The molecule has 1 aromatic heterocycles. The lowest BCUT2D eigenvalue weighted by atomic mass is 9.93. The monoisotopic (exact) mass is 420 g/mol. The topological polar surface area (TPSA) is 69.8 Å². The van der Waals surface area contributed by atoms with Crippen molar-refractivity contribution in [2.75, 3.05) is 18.4 Å². The van der Waals surface area contributed by atoms with Gasteiger partial charge in [-0.15, -0.1) is 24.8 Å². The molecular weight excluding hydrogens is 395 g/mol. The molecule has 0 spiro atoms. The predicted octanol–water partition coefficient (Wildman–Crippen LogP) is 4.79. The van der Waals surface area contributed by atoms with E-state index < -0.39 is 0 Å². The number of aromatic nitrogens is 2. The summed E-state index contributed by atoms with van der Waals surface area (Å²) in [6, 6.07) is 15.8. The molecule has 4 rings (SSSR count). The van der Waals surface area contributed by atoms with Gasteiger partial charge in [0.05, 0.1) is 11.0 Å². The van der Waals surface area contributed by atoms with Crippen molar-refractivity contribution < 1.29 is 4.79 Å². The van der Waals surface area contributed by atoms with Gasteiger partial charge in [-0.1, -0.05) is 12.1 Å². The molecule has 5 nitrogen and oxygen atoms in total. The smallest absolute Gasteiger partial charge is 0.224 e. The Balaban J connectivity index is 0.00000140. The van der Waals surface area contributed by atoms with Crippen molar-refractivity contribution in [1.82, 2.24) is 15.3 Å². The van der Waals surface area contributed by atoms with E-state index in [2.05, 4.69) is 20.6 Å². The number of carbonyl (C=O) groups is 1. The molecule has 0 radical (unpaired) electrons. The first-order chi connectivity index (χ1) is 12.8. The standard InChI is InChI=1S/C21H24N4O.2ClH/c26-20(10-5-15-11-13-22-14-12-15)23-17-8-6-16(7-9-17)21-24-18-3-1-2-4-19(18)25-21;;/h1-4,6-9,15,22H,5,10-14H2,(H,23,26)(H,24,25);2*1H. The molecule has 150 valence electrons. The summed E-state index contributed by atoms with van der Waals surface area (Å²) in [4.78, 5) is 20.1. The zero-order chi connectivity index (χ0) is 17.8. The molecule has 28 heavy (non-hydrogen) atoms. The van der Waals surface area contributed by atoms with E-state index in [0.29, 0.717) is 12.3 Å². The van der Waals surface area contributed by atoms with E-state index in [-0.39, 0.29) is 30.7 Å². The predicted molar refractivity (Wildman–Crippen MR) is 119 cm³/mol. The summed E-state index contributed by atoms with van der Waals surface area (Å²) >= 11 is 0. The average Bonchev–Trinajstić information content (AvgIpc) is 3.12. The van der Waals surface area contributed by atoms with Gasteiger partial charge >= 0.3 is 0 Å². The summed E-state index contributed by atoms with van der Waals surface area (Å²) in [7, 11) is 0. The molecule has 7 heteroatoms. The van der Waals surface area contributed by atoms with Gasteiger partial charge in [-0.3, -0.25) is 4.79 Å². The van der Waals surface area contributed by atoms with Crippen molar-refractivity contribution in [2.24, 2.45) is 5.92 Å². The molecule has 1 saturated heterocycles. The van der Waals surface area contributed by atoms with Crippen LogP contribution in [0.2, 0.25) is 0 Å². The summed E-state index contributed by atoms with van der Waals surface area (Å²) < 4.78 is 0. The Morgan fingerprint density at radius 1 is 1.04 bits per heavy atom. The van der Waals surface area contributed by atoms with Crippen molar-refractivity contribution in [3.8, 4) is 11.4 Å². The number of halogens is 2. The molecule has 0 bridgehead atoms. The maximum atomic E-state index is 12.2. The summed E-state index contributed by atoms with van der Waals surface area (Å²) in [6.07, 6.45) is 3.93. The van der Waals surface area contributed by atoms with Crippen molar-refractivity contribution >= 4 is 47.4 Å². The number of aromatic amines is 1. The second-order valence-corrected chi connectivity index (χ2v) is 6.96. The number of piperidine rings is 1. The fraction of sp³-hybridized carbons (Fsp3) is 0.333. The summed E-state index contributed by atoms with van der Waals surface area (Å²) in [5.41, 5.74) is 3.82. The SMILES string of the molecule is Cl.Cl.O=C(CCC1CCNCC1)Nc1ccc(-c2nc3ccccc3[nH]2)cc1. The van der Waals surface area contributed by atoms with Gasteiger partial charge in [0.1, 0.15) is 5.82 Å². The molecule has 0 unspecified atom stereocenters. The molecule has 0 aliphatic carbocycles. The maximum Gasteiger partial charge on any atom is 0.224 e. The molecule has 2 aromatic carbocycles. The third kappa shape index (κ3) is 5.47. The van der Waals surface area contributed by atoms with Crippen LogP contribution in [0.5, 0.6) is 0 Å². The molecule has 1 fully saturated rings. The number of amides is 1. The van der Waals surface area contributed by atoms with Crippen LogP contribution >= 0.6 is 24.8 Å². The van der Waals surface area contributed by atoms with Crippen LogP contribution in [-0.2, 0) is 4.79 Å². The number of anilines is 1. The Bertz CT molecular complexity index is 856. The highest BCUT2D eigenvalue weighted by atomic mass is 35.5. The molecule has 0 atom stereocenters. The quantitative estimate of drug-likeness (QED) is 0.555. The van der Waals surface area contributed by atoms with Crippen LogP contribution < -0.4 is 10.6 Å². The molecule has 2 heterocycles. The summed E-state index contributed by atoms with van der Waals surface area (Å²) in [5.74, 6) is 1.62. The van der Waals surface area contributed by atoms with Gasteiger partial charge in [0, 0.05) is 17.7 Å². The van der Waals surface area contributed by atoms with E-state index in [1.54, 1.807) is 0 Å². The first-order valence-corrected chi connectivity index (χ1v) is 9.34. The van der Waals surface area contributed by atoms with Crippen LogP contribution in [0.1, 0.15) is 25.7 Å². The van der Waals surface area contributed by atoms with Crippen molar-refractivity contribution in [3.63, 3.8) is 0 Å². The Hall–Kier alpha value is -2.08. The molecule has 1 amide bonds. The van der Waals surface area contributed by atoms with E-state index in [1.807, 2.05) is 48.5 Å². The minimum Gasteiger partial charge on any atom is -0.338 e. The zero-order valence-corrected chi connectivity index (χ0v) is 17.2. The Kier molecular flexibility index (Phi) is 8.30. The Morgan fingerprint density at radius 3 is 2.46 bits per heavy atom. The van der Waals surface area contributed by atoms with Crippen LogP contribution in [-0.4, -0.2) is 29.0 Å². The molecular formula is C21H26Cl2N4O. The second kappa shape index (κ2) is 10.5. The summed E-state index contributed by atoms with van der Waals surface area (Å²) in [6.45, 7) is 2.16. The number of carbonyl (C=O) groups excluding carboxylic acids is 1. The van der Waals surface area contributed by atoms with Crippen LogP contribution in [0.3, 0.4) is 0 Å². The molecule has 3 aromatic rings. The van der Waals surface area contributed by atoms with Crippen molar-refractivity contribution in [3.05, 3.63) is 48.5 Å². The Morgan fingerprint density at radius 2 is 1.75 bits per heavy atom. The highest BCUT2D eigenvalue weighted by molar-refractivity contribution is 5.91. The van der Waals surface area contributed by atoms with Gasteiger partial charge in [0.2, 0.25) is 5.91 Å². The van der Waals surface area contributed by atoms with Crippen molar-refractivity contribution in [2.45, 2.75) is 25.7 Å². The third-order valence-electron chi connectivity index (χ3n) is 5.07. The largest absolute Gasteiger partial charge is 0.338 e. The number of benzene rings is 2. The van der Waals surface area contributed by atoms with Gasteiger partial charge in [0.15, 0.2) is 0 Å². The first-order valence-electron chi connectivity index (χ1n) is 9.34. The average molecular weight is 421 g/mol. The van der Waals surface area contributed by atoms with E-state index in [0.717, 1.165) is 47.6 Å². The molecule has 3 N–H and O–H groups in total. The van der Waals surface area contributed by atoms with Gasteiger partial charge < -0.3 is 15.6 Å². The number of hydrogen-bond acceptors (Lipinski definition) is 3. The van der Waals surface area contributed by atoms with Gasteiger partial charge in [-0.25, -0.2) is 4.98 Å². The fourth-order valence-corrected chi connectivity index (χ4v) is 3.53. The number of fused-ring (bicyclic) bond motifs is 1. The molecule has 0 saturated carbocycles. The highest BCUT2D eigenvalue weighted by Gasteiger charge is 2.14. The fourth-order valence-electron chi connectivity index (χ4n) is 3.53. The zero-order valence-electron chi connectivity index (χ0n) is 15.6. The minimum absolute atomic E-state index is 0. The number of rotatable bonds is 5. The second-order valence-electron chi connectivity index (χ2n) is 6.96. The molecule has 1 aliphatic heterocycles. The number of hydrogen-bond donors (Lipinski definition) is 3. The van der Waals surface area contributed by atoms with E-state index in [9.17, 15) is 4.79 Å². The highest BCUT2D eigenvalue weighted by Crippen LogP contribution is 2.22. The van der Waals surface area contributed by atoms with Gasteiger partial charge in [0.25, 0.3) is 0 Å². The van der Waals surface area contributed by atoms with Crippen LogP contribution in [0.4, 0.5) is 5.69 Å².